The number of aromatic nitrogens is 1. The number of hydrogen-bond donors (Lipinski definition) is 2. The van der Waals surface area contributed by atoms with Gasteiger partial charge in [-0.3, -0.25) is 9.59 Å². The summed E-state index contributed by atoms with van der Waals surface area (Å²) in [6, 6.07) is 20.8. The number of anilines is 1. The van der Waals surface area contributed by atoms with E-state index >= 15 is 0 Å². The molecule has 0 saturated carbocycles. The number of fused-ring (bicyclic) bond motifs is 1. The fourth-order valence-electron chi connectivity index (χ4n) is 3.08. The second kappa shape index (κ2) is 10.3. The summed E-state index contributed by atoms with van der Waals surface area (Å²) < 4.78 is 1.58. The van der Waals surface area contributed by atoms with Gasteiger partial charge in [-0.15, -0.1) is 11.3 Å². The lowest BCUT2D eigenvalue weighted by atomic mass is 10.1. The highest BCUT2D eigenvalue weighted by atomic mass is 32.2. The zero-order chi connectivity index (χ0) is 23.2. The highest BCUT2D eigenvalue weighted by Gasteiger charge is 2.13. The van der Waals surface area contributed by atoms with Gasteiger partial charge >= 0.3 is 0 Å². The van der Waals surface area contributed by atoms with Gasteiger partial charge in [-0.1, -0.05) is 60.3 Å². The van der Waals surface area contributed by atoms with Gasteiger partial charge in [0.1, 0.15) is 0 Å². The fourth-order valence-corrected chi connectivity index (χ4v) is 5.01. The summed E-state index contributed by atoms with van der Waals surface area (Å²) in [4.78, 5) is 40.5. The molecule has 0 aliphatic rings. The minimum Gasteiger partial charge on any atom is -0.545 e. The van der Waals surface area contributed by atoms with Crippen LogP contribution in [0.5, 0.6) is 0 Å². The quantitative estimate of drug-likeness (QED) is 0.378. The van der Waals surface area contributed by atoms with Crippen molar-refractivity contribution in [2.45, 2.75) is 10.9 Å². The van der Waals surface area contributed by atoms with Crippen molar-refractivity contribution in [1.82, 2.24) is 10.3 Å². The molecule has 0 spiro atoms. The Morgan fingerprint density at radius 3 is 2.42 bits per heavy atom. The molecule has 9 heteroatoms. The van der Waals surface area contributed by atoms with Crippen LogP contribution in [0.15, 0.2) is 77.1 Å². The molecule has 0 bridgehead atoms. The largest absolute Gasteiger partial charge is 0.545 e. The number of hydrogen-bond acceptors (Lipinski definition) is 7. The summed E-state index contributed by atoms with van der Waals surface area (Å²) in [7, 11) is 0. The Kier molecular flexibility index (Phi) is 7.01. The van der Waals surface area contributed by atoms with Gasteiger partial charge in [-0.25, -0.2) is 4.98 Å². The van der Waals surface area contributed by atoms with Crippen molar-refractivity contribution in [2.75, 3.05) is 11.1 Å². The van der Waals surface area contributed by atoms with E-state index in [9.17, 15) is 19.5 Å². The standard InChI is InChI=1S/C24H19N3O4S2/c28-21(25-13-15-6-2-1-3-7-15)14-32-24-27-19-11-10-16(12-20(19)33-24)26-22(29)17-8-4-5-9-18(17)23(30)31/h1-12H,13-14H2,(H,25,28)(H,26,29)(H,30,31)/p-1. The smallest absolute Gasteiger partial charge is 0.256 e. The first kappa shape index (κ1) is 22.5. The lowest BCUT2D eigenvalue weighted by Crippen LogP contribution is -2.26. The van der Waals surface area contributed by atoms with Gasteiger partial charge in [0.2, 0.25) is 5.91 Å². The fraction of sp³-hybridized carbons (Fsp3) is 0.0833. The highest BCUT2D eigenvalue weighted by Crippen LogP contribution is 2.31. The van der Waals surface area contributed by atoms with Crippen molar-refractivity contribution in [3.05, 3.63) is 89.5 Å². The summed E-state index contributed by atoms with van der Waals surface area (Å²) in [5.41, 5.74) is 2.16. The number of carboxylic acid groups (broad SMARTS) is 1. The predicted molar refractivity (Wildman–Crippen MR) is 127 cm³/mol. The molecule has 7 nitrogen and oxygen atoms in total. The maximum absolute atomic E-state index is 12.6. The summed E-state index contributed by atoms with van der Waals surface area (Å²) in [6.07, 6.45) is 0. The van der Waals surface area contributed by atoms with Crippen LogP contribution < -0.4 is 15.7 Å². The van der Waals surface area contributed by atoms with Crippen molar-refractivity contribution in [2.24, 2.45) is 0 Å². The molecule has 2 N–H and O–H groups in total. The number of thiazole rings is 1. The second-order valence-corrected chi connectivity index (χ2v) is 9.25. The number of carbonyl (C=O) groups excluding carboxylic acids is 3. The Hall–Kier alpha value is -3.69. The number of rotatable bonds is 8. The van der Waals surface area contributed by atoms with E-state index in [1.54, 1.807) is 24.3 Å². The van der Waals surface area contributed by atoms with Crippen LogP contribution >= 0.6 is 23.1 Å². The van der Waals surface area contributed by atoms with Gasteiger partial charge in [-0.05, 0) is 29.8 Å². The van der Waals surface area contributed by atoms with Crippen LogP contribution in [0.4, 0.5) is 5.69 Å². The molecule has 4 rings (SSSR count). The van der Waals surface area contributed by atoms with E-state index in [-0.39, 0.29) is 22.8 Å². The second-order valence-electron chi connectivity index (χ2n) is 7.00. The van der Waals surface area contributed by atoms with Crippen LogP contribution in [0.25, 0.3) is 10.2 Å². The van der Waals surface area contributed by atoms with E-state index in [0.717, 1.165) is 20.1 Å². The van der Waals surface area contributed by atoms with Crippen LogP contribution in [0, 0.1) is 0 Å². The van der Waals surface area contributed by atoms with Crippen LogP contribution in [-0.2, 0) is 11.3 Å². The molecular formula is C24H18N3O4S2-. The molecule has 0 aliphatic carbocycles. The number of carbonyl (C=O) groups is 3. The van der Waals surface area contributed by atoms with Crippen molar-refractivity contribution < 1.29 is 19.5 Å². The van der Waals surface area contributed by atoms with Gasteiger partial charge < -0.3 is 20.5 Å². The number of nitrogens with zero attached hydrogens (tertiary/aromatic N) is 1. The maximum atomic E-state index is 12.6. The average Bonchev–Trinajstić information content (AvgIpc) is 3.24. The van der Waals surface area contributed by atoms with Crippen LogP contribution in [0.3, 0.4) is 0 Å². The van der Waals surface area contributed by atoms with Crippen molar-refractivity contribution in [3.63, 3.8) is 0 Å². The summed E-state index contributed by atoms with van der Waals surface area (Å²) in [5, 5.41) is 16.9. The first-order valence-corrected chi connectivity index (χ1v) is 11.8. The average molecular weight is 477 g/mol. The van der Waals surface area contributed by atoms with E-state index in [1.165, 1.54) is 41.3 Å². The number of nitrogens with one attached hydrogen (secondary N) is 2. The molecule has 3 aromatic carbocycles. The number of thioether (sulfide) groups is 1. The van der Waals surface area contributed by atoms with Gasteiger partial charge in [0.25, 0.3) is 5.91 Å². The van der Waals surface area contributed by atoms with Crippen LogP contribution in [0.2, 0.25) is 0 Å². The van der Waals surface area contributed by atoms with Gasteiger partial charge in [-0.2, -0.15) is 0 Å². The zero-order valence-corrected chi connectivity index (χ0v) is 18.9. The van der Waals surface area contributed by atoms with Gasteiger partial charge in [0.05, 0.1) is 21.9 Å². The molecule has 4 aromatic rings. The molecule has 1 aromatic heterocycles. The molecule has 0 saturated heterocycles. The third-order valence-corrected chi connectivity index (χ3v) is 6.84. The van der Waals surface area contributed by atoms with E-state index in [2.05, 4.69) is 15.6 Å². The molecule has 0 radical (unpaired) electrons. The number of carboxylic acids is 1. The van der Waals surface area contributed by atoms with E-state index in [0.29, 0.717) is 12.2 Å². The molecule has 0 unspecified atom stereocenters. The first-order valence-electron chi connectivity index (χ1n) is 9.95. The molecule has 0 fully saturated rings. The molecule has 0 atom stereocenters. The minimum absolute atomic E-state index is 0.0275. The summed E-state index contributed by atoms with van der Waals surface area (Å²) in [5.74, 6) is -1.78. The first-order chi connectivity index (χ1) is 16.0. The number of aromatic carboxylic acids is 1. The highest BCUT2D eigenvalue weighted by molar-refractivity contribution is 8.01. The normalized spacial score (nSPS) is 10.7. The van der Waals surface area contributed by atoms with Crippen LogP contribution in [0.1, 0.15) is 26.3 Å². The summed E-state index contributed by atoms with van der Waals surface area (Å²) in [6.45, 7) is 0.476. The molecule has 33 heavy (non-hydrogen) atoms. The topological polar surface area (TPSA) is 111 Å². The molecule has 1 heterocycles. The van der Waals surface area contributed by atoms with Gasteiger partial charge in [0, 0.05) is 23.4 Å². The SMILES string of the molecule is O=C(CSc1nc2ccc(NC(=O)c3ccccc3C(=O)[O-])cc2s1)NCc1ccccc1. The van der Waals surface area contributed by atoms with Crippen LogP contribution in [-0.4, -0.2) is 28.5 Å². The Labute approximate surface area is 197 Å². The maximum Gasteiger partial charge on any atom is 0.256 e. The lowest BCUT2D eigenvalue weighted by Gasteiger charge is -2.10. The van der Waals surface area contributed by atoms with Crippen molar-refractivity contribution >= 4 is 56.8 Å². The predicted octanol–water partition coefficient (Wildman–Crippen LogP) is 3.32. The molecule has 166 valence electrons. The Morgan fingerprint density at radius 2 is 1.67 bits per heavy atom. The van der Waals surface area contributed by atoms with E-state index in [4.69, 9.17) is 0 Å². The Morgan fingerprint density at radius 1 is 0.939 bits per heavy atom. The lowest BCUT2D eigenvalue weighted by molar-refractivity contribution is -0.255. The van der Waals surface area contributed by atoms with Gasteiger partial charge in [0.15, 0.2) is 4.34 Å². The molecule has 2 amide bonds. The minimum atomic E-state index is -1.41. The molecular weight excluding hydrogens is 458 g/mol. The number of benzene rings is 3. The van der Waals surface area contributed by atoms with Crippen molar-refractivity contribution in [3.8, 4) is 0 Å². The third kappa shape index (κ3) is 5.76. The zero-order valence-electron chi connectivity index (χ0n) is 17.2. The van der Waals surface area contributed by atoms with E-state index in [1.807, 2.05) is 30.3 Å². The number of amides is 2. The molecule has 0 aliphatic heterocycles. The third-order valence-electron chi connectivity index (χ3n) is 4.68. The van der Waals surface area contributed by atoms with E-state index < -0.39 is 11.9 Å². The summed E-state index contributed by atoms with van der Waals surface area (Å²) >= 11 is 2.76. The van der Waals surface area contributed by atoms with Crippen molar-refractivity contribution in [1.29, 1.82) is 0 Å². The Balaban J connectivity index is 1.38. The Bertz CT molecular complexity index is 1320. The monoisotopic (exact) mass is 476 g/mol.